The number of rotatable bonds is 3. The summed E-state index contributed by atoms with van der Waals surface area (Å²) in [6.45, 7) is 2.77. The molecule has 100 valence electrons. The Hall–Kier alpha value is -0.170. The van der Waals surface area contributed by atoms with Gasteiger partial charge >= 0.3 is 0 Å². The molecule has 6 heteroatoms. The molecule has 2 fully saturated rings. The van der Waals surface area contributed by atoms with Crippen molar-refractivity contribution in [2.75, 3.05) is 31.9 Å². The molecule has 17 heavy (non-hydrogen) atoms. The van der Waals surface area contributed by atoms with Crippen molar-refractivity contribution in [3.8, 4) is 0 Å². The average molecular weight is 262 g/mol. The molecule has 1 atom stereocenters. The lowest BCUT2D eigenvalue weighted by Gasteiger charge is -2.31. The predicted molar refractivity (Wildman–Crippen MR) is 66.2 cm³/mol. The summed E-state index contributed by atoms with van der Waals surface area (Å²) in [5.74, 6) is 0.511. The van der Waals surface area contributed by atoms with Gasteiger partial charge in [-0.15, -0.1) is 0 Å². The van der Waals surface area contributed by atoms with Crippen molar-refractivity contribution in [2.45, 2.75) is 31.8 Å². The zero-order chi connectivity index (χ0) is 12.3. The fourth-order valence-electron chi connectivity index (χ4n) is 2.59. The first-order chi connectivity index (χ1) is 8.08. The number of sulfonamides is 1. The van der Waals surface area contributed by atoms with E-state index in [9.17, 15) is 13.5 Å². The van der Waals surface area contributed by atoms with Crippen LogP contribution in [-0.2, 0) is 10.0 Å². The van der Waals surface area contributed by atoms with Crippen molar-refractivity contribution >= 4 is 10.0 Å². The Morgan fingerprint density at radius 3 is 2.53 bits per heavy atom. The summed E-state index contributed by atoms with van der Waals surface area (Å²) in [6, 6.07) is 0. The van der Waals surface area contributed by atoms with E-state index in [-0.39, 0.29) is 17.8 Å². The van der Waals surface area contributed by atoms with E-state index < -0.39 is 10.0 Å². The summed E-state index contributed by atoms with van der Waals surface area (Å²) < 4.78 is 25.9. The molecule has 0 aromatic carbocycles. The maximum absolute atomic E-state index is 12.2. The van der Waals surface area contributed by atoms with Crippen molar-refractivity contribution < 1.29 is 13.5 Å². The molecule has 2 heterocycles. The zero-order valence-corrected chi connectivity index (χ0v) is 11.0. The number of nitrogens with zero attached hydrogens (tertiary/aromatic N) is 1. The van der Waals surface area contributed by atoms with Crippen molar-refractivity contribution in [3.05, 3.63) is 0 Å². The normalized spacial score (nSPS) is 29.4. The van der Waals surface area contributed by atoms with Gasteiger partial charge in [-0.05, 0) is 44.7 Å². The number of nitrogens with one attached hydrogen (secondary N) is 1. The van der Waals surface area contributed by atoms with Crippen LogP contribution in [0.15, 0.2) is 0 Å². The number of hydrogen-bond acceptors (Lipinski definition) is 4. The molecule has 0 radical (unpaired) electrons. The van der Waals surface area contributed by atoms with E-state index in [1.165, 1.54) is 0 Å². The Balaban J connectivity index is 1.89. The standard InChI is InChI=1S/C11H22N2O3S/c14-11-3-6-13(7-4-11)17(15,16)9-10-2-1-5-12-8-10/h10-12,14H,1-9H2. The third-order valence-electron chi connectivity index (χ3n) is 3.66. The number of aliphatic hydroxyl groups excluding tert-OH is 1. The lowest BCUT2D eigenvalue weighted by Crippen LogP contribution is -2.44. The van der Waals surface area contributed by atoms with Gasteiger partial charge in [0.2, 0.25) is 10.0 Å². The Bertz CT molecular complexity index is 331. The van der Waals surface area contributed by atoms with Gasteiger partial charge in [-0.25, -0.2) is 12.7 Å². The van der Waals surface area contributed by atoms with Gasteiger partial charge in [-0.1, -0.05) is 0 Å². The molecular weight excluding hydrogens is 240 g/mol. The quantitative estimate of drug-likeness (QED) is 0.737. The predicted octanol–water partition coefficient (Wildman–Crippen LogP) is -0.227. The van der Waals surface area contributed by atoms with Crippen LogP contribution in [0.2, 0.25) is 0 Å². The maximum Gasteiger partial charge on any atom is 0.214 e. The van der Waals surface area contributed by atoms with Crippen LogP contribution in [0, 0.1) is 5.92 Å². The number of hydrogen-bond donors (Lipinski definition) is 2. The molecule has 2 aliphatic heterocycles. The number of piperidine rings is 2. The maximum atomic E-state index is 12.2. The van der Waals surface area contributed by atoms with Crippen molar-refractivity contribution in [2.24, 2.45) is 5.92 Å². The van der Waals surface area contributed by atoms with Gasteiger partial charge in [0, 0.05) is 13.1 Å². The van der Waals surface area contributed by atoms with E-state index >= 15 is 0 Å². The molecule has 5 nitrogen and oxygen atoms in total. The van der Waals surface area contributed by atoms with Crippen molar-refractivity contribution in [3.63, 3.8) is 0 Å². The van der Waals surface area contributed by atoms with Crippen LogP contribution >= 0.6 is 0 Å². The summed E-state index contributed by atoms with van der Waals surface area (Å²) in [5, 5.41) is 12.6. The van der Waals surface area contributed by atoms with E-state index in [0.29, 0.717) is 25.9 Å². The Labute approximate surface area is 103 Å². The fourth-order valence-corrected chi connectivity index (χ4v) is 4.45. The summed E-state index contributed by atoms with van der Waals surface area (Å²) in [6.07, 6.45) is 2.89. The van der Waals surface area contributed by atoms with E-state index in [0.717, 1.165) is 25.9 Å². The van der Waals surface area contributed by atoms with Crippen molar-refractivity contribution in [1.82, 2.24) is 9.62 Å². The fraction of sp³-hybridized carbons (Fsp3) is 1.00. The van der Waals surface area contributed by atoms with Gasteiger partial charge in [0.15, 0.2) is 0 Å². The van der Waals surface area contributed by atoms with Crippen LogP contribution in [0.5, 0.6) is 0 Å². The van der Waals surface area contributed by atoms with Gasteiger partial charge in [0.05, 0.1) is 11.9 Å². The third-order valence-corrected chi connectivity index (χ3v) is 5.71. The molecule has 0 amide bonds. The average Bonchev–Trinajstić information content (AvgIpc) is 2.30. The summed E-state index contributed by atoms with van der Waals surface area (Å²) in [7, 11) is -3.12. The highest BCUT2D eigenvalue weighted by Gasteiger charge is 2.29. The molecule has 0 aromatic rings. The van der Waals surface area contributed by atoms with E-state index in [2.05, 4.69) is 5.32 Å². The van der Waals surface area contributed by atoms with Crippen molar-refractivity contribution in [1.29, 1.82) is 0 Å². The molecule has 2 saturated heterocycles. The molecule has 0 aromatic heterocycles. The molecule has 2 N–H and O–H groups in total. The van der Waals surface area contributed by atoms with Gasteiger partial charge in [0.25, 0.3) is 0 Å². The highest BCUT2D eigenvalue weighted by molar-refractivity contribution is 7.89. The molecule has 0 spiro atoms. The molecule has 2 rings (SSSR count). The van der Waals surface area contributed by atoms with E-state index in [1.807, 2.05) is 0 Å². The molecule has 0 aliphatic carbocycles. The molecule has 0 saturated carbocycles. The van der Waals surface area contributed by atoms with Crippen LogP contribution in [0.3, 0.4) is 0 Å². The minimum Gasteiger partial charge on any atom is -0.393 e. The first-order valence-corrected chi connectivity index (χ1v) is 8.05. The van der Waals surface area contributed by atoms with Gasteiger partial charge in [-0.3, -0.25) is 0 Å². The lowest BCUT2D eigenvalue weighted by atomic mass is 10.0. The molecule has 2 aliphatic rings. The SMILES string of the molecule is O=S(=O)(CC1CCCNC1)N1CCC(O)CC1. The second-order valence-electron chi connectivity index (χ2n) is 5.12. The highest BCUT2D eigenvalue weighted by atomic mass is 32.2. The molecule has 1 unspecified atom stereocenters. The Kier molecular flexibility index (Phi) is 4.41. The summed E-state index contributed by atoms with van der Waals surface area (Å²) in [4.78, 5) is 0. The smallest absolute Gasteiger partial charge is 0.214 e. The summed E-state index contributed by atoms with van der Waals surface area (Å²) >= 11 is 0. The molecular formula is C11H22N2O3S. The Morgan fingerprint density at radius 2 is 1.94 bits per heavy atom. The highest BCUT2D eigenvalue weighted by Crippen LogP contribution is 2.19. The molecule has 0 bridgehead atoms. The van der Waals surface area contributed by atoms with Gasteiger partial charge in [0.1, 0.15) is 0 Å². The topological polar surface area (TPSA) is 69.6 Å². The lowest BCUT2D eigenvalue weighted by molar-refractivity contribution is 0.113. The first-order valence-electron chi connectivity index (χ1n) is 6.44. The Morgan fingerprint density at radius 1 is 1.24 bits per heavy atom. The van der Waals surface area contributed by atoms with Gasteiger partial charge < -0.3 is 10.4 Å². The third kappa shape index (κ3) is 3.64. The van der Waals surface area contributed by atoms with E-state index in [4.69, 9.17) is 0 Å². The van der Waals surface area contributed by atoms with Crippen LogP contribution in [0.25, 0.3) is 0 Å². The monoisotopic (exact) mass is 262 g/mol. The van der Waals surface area contributed by atoms with Crippen LogP contribution in [-0.4, -0.2) is 55.9 Å². The van der Waals surface area contributed by atoms with Crippen LogP contribution < -0.4 is 5.32 Å². The van der Waals surface area contributed by atoms with Gasteiger partial charge in [-0.2, -0.15) is 0 Å². The first kappa shape index (κ1) is 13.3. The second-order valence-corrected chi connectivity index (χ2v) is 7.13. The van der Waals surface area contributed by atoms with E-state index in [1.54, 1.807) is 4.31 Å². The van der Waals surface area contributed by atoms with Crippen LogP contribution in [0.1, 0.15) is 25.7 Å². The minimum absolute atomic E-state index is 0.251. The summed E-state index contributed by atoms with van der Waals surface area (Å²) in [5.41, 5.74) is 0. The largest absolute Gasteiger partial charge is 0.393 e. The zero-order valence-electron chi connectivity index (χ0n) is 10.1. The number of aliphatic hydroxyl groups is 1. The van der Waals surface area contributed by atoms with Crippen LogP contribution in [0.4, 0.5) is 0 Å². The minimum atomic E-state index is -3.12. The second kappa shape index (κ2) is 5.65.